The molecule has 23 heavy (non-hydrogen) atoms. The molecule has 1 aliphatic rings. The Morgan fingerprint density at radius 2 is 1.83 bits per heavy atom. The zero-order valence-corrected chi connectivity index (χ0v) is 14.5. The molecule has 1 heterocycles. The summed E-state index contributed by atoms with van der Waals surface area (Å²) in [6.07, 6.45) is 0.820. The van der Waals surface area contributed by atoms with E-state index in [-0.39, 0.29) is 18.0 Å². The van der Waals surface area contributed by atoms with E-state index < -0.39 is 0 Å². The molecule has 2 atom stereocenters. The third-order valence-electron chi connectivity index (χ3n) is 4.13. The molecule has 0 saturated carbocycles. The van der Waals surface area contributed by atoms with Crippen LogP contribution in [0, 0.1) is 0 Å². The Kier molecular flexibility index (Phi) is 4.51. The SMILES string of the molecule is CC(=O)N1c2ccccc2C(Nc2cc(Cl)cc(Cl)c2)CC1C. The molecule has 2 aromatic carbocycles. The second-order valence-corrected chi connectivity index (χ2v) is 6.76. The lowest BCUT2D eigenvalue weighted by atomic mass is 9.91. The number of hydrogen-bond donors (Lipinski definition) is 1. The molecule has 1 aliphatic heterocycles. The van der Waals surface area contributed by atoms with Crippen LogP contribution in [0.1, 0.15) is 31.9 Å². The van der Waals surface area contributed by atoms with Crippen molar-refractivity contribution in [3.63, 3.8) is 0 Å². The molecule has 0 bridgehead atoms. The van der Waals surface area contributed by atoms with Crippen LogP contribution in [-0.2, 0) is 4.79 Å². The summed E-state index contributed by atoms with van der Waals surface area (Å²) in [6.45, 7) is 3.68. The van der Waals surface area contributed by atoms with Gasteiger partial charge in [0.15, 0.2) is 0 Å². The van der Waals surface area contributed by atoms with Gasteiger partial charge in [0.2, 0.25) is 5.91 Å². The second-order valence-electron chi connectivity index (χ2n) is 5.89. The fourth-order valence-electron chi connectivity index (χ4n) is 3.27. The van der Waals surface area contributed by atoms with E-state index >= 15 is 0 Å². The van der Waals surface area contributed by atoms with E-state index in [1.54, 1.807) is 13.0 Å². The highest BCUT2D eigenvalue weighted by atomic mass is 35.5. The van der Waals surface area contributed by atoms with E-state index in [4.69, 9.17) is 23.2 Å². The van der Waals surface area contributed by atoms with Crippen molar-refractivity contribution in [3.8, 4) is 0 Å². The van der Waals surface area contributed by atoms with Gasteiger partial charge < -0.3 is 10.2 Å². The van der Waals surface area contributed by atoms with Crippen molar-refractivity contribution in [2.24, 2.45) is 0 Å². The summed E-state index contributed by atoms with van der Waals surface area (Å²) in [7, 11) is 0. The molecule has 0 saturated heterocycles. The molecule has 5 heteroatoms. The van der Waals surface area contributed by atoms with Gasteiger partial charge in [-0.1, -0.05) is 41.4 Å². The summed E-state index contributed by atoms with van der Waals surface area (Å²) in [4.78, 5) is 13.9. The van der Waals surface area contributed by atoms with Crippen LogP contribution < -0.4 is 10.2 Å². The molecule has 3 rings (SSSR count). The lowest BCUT2D eigenvalue weighted by molar-refractivity contribution is -0.117. The summed E-state index contributed by atoms with van der Waals surface area (Å²) >= 11 is 12.2. The fraction of sp³-hybridized carbons (Fsp3) is 0.278. The number of nitrogens with one attached hydrogen (secondary N) is 1. The maximum Gasteiger partial charge on any atom is 0.224 e. The van der Waals surface area contributed by atoms with Crippen molar-refractivity contribution in [1.29, 1.82) is 0 Å². The molecule has 2 unspecified atom stereocenters. The summed E-state index contributed by atoms with van der Waals surface area (Å²) in [6, 6.07) is 13.7. The molecule has 3 nitrogen and oxygen atoms in total. The summed E-state index contributed by atoms with van der Waals surface area (Å²) in [5, 5.41) is 4.70. The number of carbonyl (C=O) groups excluding carboxylic acids is 1. The van der Waals surface area contributed by atoms with Gasteiger partial charge in [-0.15, -0.1) is 0 Å². The number of halogens is 2. The summed E-state index contributed by atoms with van der Waals surface area (Å²) in [5.74, 6) is 0.0641. The van der Waals surface area contributed by atoms with Gasteiger partial charge in [-0.05, 0) is 43.2 Å². The Morgan fingerprint density at radius 1 is 1.17 bits per heavy atom. The van der Waals surface area contributed by atoms with Crippen molar-refractivity contribution < 1.29 is 4.79 Å². The van der Waals surface area contributed by atoms with E-state index in [2.05, 4.69) is 18.3 Å². The van der Waals surface area contributed by atoms with Crippen LogP contribution in [0.15, 0.2) is 42.5 Å². The van der Waals surface area contributed by atoms with Crippen LogP contribution >= 0.6 is 23.2 Å². The smallest absolute Gasteiger partial charge is 0.224 e. The Hall–Kier alpha value is -1.71. The predicted octanol–water partition coefficient (Wildman–Crippen LogP) is 5.29. The number of para-hydroxylation sites is 1. The Balaban J connectivity index is 1.97. The van der Waals surface area contributed by atoms with Gasteiger partial charge >= 0.3 is 0 Å². The second kappa shape index (κ2) is 6.42. The van der Waals surface area contributed by atoms with Crippen LogP contribution in [0.4, 0.5) is 11.4 Å². The molecule has 0 spiro atoms. The number of amides is 1. The highest BCUT2D eigenvalue weighted by molar-refractivity contribution is 6.35. The van der Waals surface area contributed by atoms with E-state index in [0.29, 0.717) is 10.0 Å². The van der Waals surface area contributed by atoms with E-state index in [9.17, 15) is 4.79 Å². The van der Waals surface area contributed by atoms with Gasteiger partial charge in [-0.25, -0.2) is 0 Å². The molecule has 0 fully saturated rings. The third kappa shape index (κ3) is 3.31. The lowest BCUT2D eigenvalue weighted by Crippen LogP contribution is -2.43. The zero-order valence-electron chi connectivity index (χ0n) is 13.0. The molecular weight excluding hydrogens is 331 g/mol. The van der Waals surface area contributed by atoms with Crippen molar-refractivity contribution >= 4 is 40.5 Å². The predicted molar refractivity (Wildman–Crippen MR) is 96.5 cm³/mol. The standard InChI is InChI=1S/C18H18Cl2N2O/c1-11-7-17(21-15-9-13(19)8-14(20)10-15)16-5-3-4-6-18(16)22(11)12(2)23/h3-6,8-11,17,21H,7H2,1-2H3. The molecule has 0 aliphatic carbocycles. The lowest BCUT2D eigenvalue weighted by Gasteiger charge is -2.39. The van der Waals surface area contributed by atoms with Crippen molar-refractivity contribution in [2.45, 2.75) is 32.4 Å². The van der Waals surface area contributed by atoms with E-state index in [0.717, 1.165) is 23.4 Å². The Labute approximate surface area is 146 Å². The number of fused-ring (bicyclic) bond motifs is 1. The largest absolute Gasteiger partial charge is 0.378 e. The molecule has 0 aromatic heterocycles. The Morgan fingerprint density at radius 3 is 2.48 bits per heavy atom. The first-order chi connectivity index (χ1) is 11.0. The molecular formula is C18H18Cl2N2O. The number of anilines is 2. The first kappa shape index (κ1) is 16.2. The number of rotatable bonds is 2. The van der Waals surface area contributed by atoms with E-state index in [1.807, 2.05) is 35.2 Å². The summed E-state index contributed by atoms with van der Waals surface area (Å²) in [5.41, 5.74) is 2.95. The van der Waals surface area contributed by atoms with Crippen molar-refractivity contribution in [3.05, 3.63) is 58.1 Å². The van der Waals surface area contributed by atoms with Gasteiger partial charge in [0, 0.05) is 34.4 Å². The van der Waals surface area contributed by atoms with Crippen LogP contribution in [0.3, 0.4) is 0 Å². The fourth-order valence-corrected chi connectivity index (χ4v) is 3.79. The maximum atomic E-state index is 12.0. The Bertz CT molecular complexity index is 727. The molecule has 120 valence electrons. The van der Waals surface area contributed by atoms with Crippen LogP contribution in [0.25, 0.3) is 0 Å². The first-order valence-corrected chi connectivity index (χ1v) is 8.32. The van der Waals surface area contributed by atoms with Gasteiger partial charge in [0.25, 0.3) is 0 Å². The van der Waals surface area contributed by atoms with Gasteiger partial charge in [0.05, 0.1) is 6.04 Å². The van der Waals surface area contributed by atoms with Crippen LogP contribution in [0.5, 0.6) is 0 Å². The minimum atomic E-state index is 0.0641. The number of carbonyl (C=O) groups is 1. The van der Waals surface area contributed by atoms with Crippen LogP contribution in [0.2, 0.25) is 10.0 Å². The minimum absolute atomic E-state index is 0.0641. The van der Waals surface area contributed by atoms with Gasteiger partial charge in [-0.3, -0.25) is 4.79 Å². The highest BCUT2D eigenvalue weighted by Gasteiger charge is 2.32. The zero-order chi connectivity index (χ0) is 16.6. The number of hydrogen-bond acceptors (Lipinski definition) is 2. The topological polar surface area (TPSA) is 32.3 Å². The van der Waals surface area contributed by atoms with E-state index in [1.165, 1.54) is 0 Å². The monoisotopic (exact) mass is 348 g/mol. The molecule has 2 aromatic rings. The van der Waals surface area contributed by atoms with Gasteiger partial charge in [0.1, 0.15) is 0 Å². The maximum absolute atomic E-state index is 12.0. The number of nitrogens with zero attached hydrogens (tertiary/aromatic N) is 1. The summed E-state index contributed by atoms with van der Waals surface area (Å²) < 4.78 is 0. The minimum Gasteiger partial charge on any atom is -0.378 e. The molecule has 1 N–H and O–H groups in total. The molecule has 0 radical (unpaired) electrons. The third-order valence-corrected chi connectivity index (χ3v) is 4.57. The molecule has 1 amide bonds. The van der Waals surface area contributed by atoms with Crippen molar-refractivity contribution in [2.75, 3.05) is 10.2 Å². The number of benzene rings is 2. The van der Waals surface area contributed by atoms with Gasteiger partial charge in [-0.2, -0.15) is 0 Å². The average Bonchev–Trinajstić information content (AvgIpc) is 2.45. The quantitative estimate of drug-likeness (QED) is 0.799. The normalized spacial score (nSPS) is 20.1. The van der Waals surface area contributed by atoms with Crippen LogP contribution in [-0.4, -0.2) is 11.9 Å². The first-order valence-electron chi connectivity index (χ1n) is 7.57. The highest BCUT2D eigenvalue weighted by Crippen LogP contribution is 2.39. The van der Waals surface area contributed by atoms with Crippen molar-refractivity contribution in [1.82, 2.24) is 0 Å². The average molecular weight is 349 g/mol.